The van der Waals surface area contributed by atoms with Crippen LogP contribution >= 0.6 is 23.5 Å². The molecule has 1 aromatic heterocycles. The van der Waals surface area contributed by atoms with E-state index in [1.54, 1.807) is 11.8 Å². The molecule has 2 aromatic carbocycles. The van der Waals surface area contributed by atoms with Crippen LogP contribution in [-0.4, -0.2) is 29.5 Å². The number of hydrogen-bond acceptors (Lipinski definition) is 5. The van der Waals surface area contributed by atoms with Crippen molar-refractivity contribution in [2.24, 2.45) is 0 Å². The summed E-state index contributed by atoms with van der Waals surface area (Å²) >= 11 is 3.60. The van der Waals surface area contributed by atoms with Gasteiger partial charge in [-0.3, -0.25) is 4.98 Å². The predicted molar refractivity (Wildman–Crippen MR) is 114 cm³/mol. The number of nitrogens with one attached hydrogen (secondary N) is 1. The van der Waals surface area contributed by atoms with Crippen LogP contribution in [0.3, 0.4) is 0 Å². The zero-order valence-electron chi connectivity index (χ0n) is 14.9. The Balaban J connectivity index is 1.61. The van der Waals surface area contributed by atoms with Gasteiger partial charge in [0.2, 0.25) is 0 Å². The fourth-order valence-electron chi connectivity index (χ4n) is 2.70. The van der Waals surface area contributed by atoms with E-state index in [-0.39, 0.29) is 6.61 Å². The van der Waals surface area contributed by atoms with Gasteiger partial charge in [0.15, 0.2) is 0 Å². The van der Waals surface area contributed by atoms with Crippen LogP contribution in [0.2, 0.25) is 0 Å². The largest absolute Gasteiger partial charge is 0.396 e. The van der Waals surface area contributed by atoms with Crippen LogP contribution in [0.15, 0.2) is 64.5 Å². The maximum Gasteiger partial charge on any atom is 0.0724 e. The van der Waals surface area contributed by atoms with Crippen LogP contribution in [0.4, 0.5) is 5.69 Å². The second kappa shape index (κ2) is 9.86. The maximum atomic E-state index is 8.81. The summed E-state index contributed by atoms with van der Waals surface area (Å²) in [6.45, 7) is 1.16. The van der Waals surface area contributed by atoms with Crippen molar-refractivity contribution < 1.29 is 5.11 Å². The molecule has 0 fully saturated rings. The topological polar surface area (TPSA) is 45.1 Å². The quantitative estimate of drug-likeness (QED) is 0.380. The molecule has 0 bridgehead atoms. The van der Waals surface area contributed by atoms with Gasteiger partial charge in [-0.1, -0.05) is 18.2 Å². The highest BCUT2D eigenvalue weighted by atomic mass is 32.2. The Morgan fingerprint density at radius 3 is 2.65 bits per heavy atom. The normalized spacial score (nSPS) is 11.0. The van der Waals surface area contributed by atoms with E-state index in [1.165, 1.54) is 20.7 Å². The molecule has 5 heteroatoms. The number of rotatable bonds is 9. The zero-order chi connectivity index (χ0) is 18.2. The summed E-state index contributed by atoms with van der Waals surface area (Å²) in [5.41, 5.74) is 3.50. The van der Waals surface area contributed by atoms with Crippen LogP contribution in [-0.2, 0) is 5.75 Å². The molecule has 0 spiro atoms. The monoisotopic (exact) mass is 384 g/mol. The van der Waals surface area contributed by atoms with Crippen LogP contribution in [0.25, 0.3) is 10.9 Å². The number of aromatic nitrogens is 1. The van der Waals surface area contributed by atoms with Crippen molar-refractivity contribution in [3.05, 3.63) is 60.3 Å². The number of fused-ring (bicyclic) bond motifs is 1. The minimum atomic E-state index is 0.264. The van der Waals surface area contributed by atoms with E-state index in [4.69, 9.17) is 5.11 Å². The number of anilines is 1. The minimum Gasteiger partial charge on any atom is -0.396 e. The lowest BCUT2D eigenvalue weighted by atomic mass is 10.2. The van der Waals surface area contributed by atoms with Gasteiger partial charge in [0, 0.05) is 46.0 Å². The number of aliphatic hydroxyl groups is 1. The van der Waals surface area contributed by atoms with Crippen molar-refractivity contribution in [3.63, 3.8) is 0 Å². The molecule has 1 heterocycles. The van der Waals surface area contributed by atoms with E-state index in [2.05, 4.69) is 65.1 Å². The van der Waals surface area contributed by atoms with Crippen molar-refractivity contribution in [1.82, 2.24) is 4.98 Å². The van der Waals surface area contributed by atoms with Crippen molar-refractivity contribution in [1.29, 1.82) is 0 Å². The van der Waals surface area contributed by atoms with Gasteiger partial charge >= 0.3 is 0 Å². The van der Waals surface area contributed by atoms with E-state index in [0.717, 1.165) is 36.3 Å². The van der Waals surface area contributed by atoms with E-state index in [0.29, 0.717) is 0 Å². The number of benzene rings is 2. The lowest BCUT2D eigenvalue weighted by molar-refractivity contribution is 0.286. The molecule has 0 amide bonds. The fraction of sp³-hybridized carbons (Fsp3) is 0.286. The minimum absolute atomic E-state index is 0.264. The molecule has 3 aromatic rings. The molecule has 0 saturated heterocycles. The first-order valence-corrected chi connectivity index (χ1v) is 11.0. The average Bonchev–Trinajstić information content (AvgIpc) is 2.70. The maximum absolute atomic E-state index is 8.81. The molecule has 2 N–H and O–H groups in total. The Hall–Kier alpha value is -1.69. The van der Waals surface area contributed by atoms with E-state index >= 15 is 0 Å². The van der Waals surface area contributed by atoms with Crippen molar-refractivity contribution in [3.8, 4) is 0 Å². The van der Waals surface area contributed by atoms with Gasteiger partial charge in [0.05, 0.1) is 5.52 Å². The van der Waals surface area contributed by atoms with Gasteiger partial charge in [-0.2, -0.15) is 0 Å². The van der Waals surface area contributed by atoms with Gasteiger partial charge in [0.1, 0.15) is 0 Å². The summed E-state index contributed by atoms with van der Waals surface area (Å²) in [4.78, 5) is 7.02. The molecule has 0 aliphatic rings. The van der Waals surface area contributed by atoms with Crippen molar-refractivity contribution in [2.75, 3.05) is 24.7 Å². The first-order chi connectivity index (χ1) is 12.8. The van der Waals surface area contributed by atoms with Gasteiger partial charge in [-0.15, -0.1) is 23.5 Å². The van der Waals surface area contributed by atoms with Gasteiger partial charge in [-0.05, 0) is 55.0 Å². The average molecular weight is 385 g/mol. The number of aliphatic hydroxyl groups excluding tert-OH is 1. The molecular weight excluding hydrogens is 360 g/mol. The molecule has 26 heavy (non-hydrogen) atoms. The highest BCUT2D eigenvalue weighted by molar-refractivity contribution is 7.99. The molecule has 3 rings (SSSR count). The van der Waals surface area contributed by atoms with E-state index in [1.807, 2.05) is 18.0 Å². The standard InChI is InChI=1S/C21H24N2OS2/c1-25-18-8-9-19-20(14-18)23-12-10-21(19)26-15-16-4-6-17(7-5-16)22-11-2-3-13-24/h4-10,12,14,22,24H,2-3,11,13,15H2,1H3. The summed E-state index contributed by atoms with van der Waals surface area (Å²) in [6, 6.07) is 17.2. The third-order valence-corrected chi connectivity index (χ3v) is 6.04. The smallest absolute Gasteiger partial charge is 0.0724 e. The second-order valence-electron chi connectivity index (χ2n) is 6.04. The van der Waals surface area contributed by atoms with Crippen LogP contribution in [0.1, 0.15) is 18.4 Å². The third-order valence-electron chi connectivity index (χ3n) is 4.17. The Labute approximate surface area is 163 Å². The highest BCUT2D eigenvalue weighted by Crippen LogP contribution is 2.31. The van der Waals surface area contributed by atoms with Crippen LogP contribution < -0.4 is 5.32 Å². The Kier molecular flexibility index (Phi) is 7.23. The molecular formula is C21H24N2OS2. The SMILES string of the molecule is CSc1ccc2c(SCc3ccc(NCCCCO)cc3)ccnc2c1. The second-order valence-corrected chi connectivity index (χ2v) is 7.93. The molecule has 3 nitrogen and oxygen atoms in total. The number of hydrogen-bond donors (Lipinski definition) is 2. The molecule has 0 radical (unpaired) electrons. The van der Waals surface area contributed by atoms with Crippen LogP contribution in [0, 0.1) is 0 Å². The summed E-state index contributed by atoms with van der Waals surface area (Å²) in [5.74, 6) is 0.939. The molecule has 0 unspecified atom stereocenters. The van der Waals surface area contributed by atoms with Crippen LogP contribution in [0.5, 0.6) is 0 Å². The fourth-order valence-corrected chi connectivity index (χ4v) is 4.14. The third kappa shape index (κ3) is 5.16. The molecule has 136 valence electrons. The van der Waals surface area contributed by atoms with Gasteiger partial charge in [-0.25, -0.2) is 0 Å². The van der Waals surface area contributed by atoms with Crippen molar-refractivity contribution >= 4 is 40.1 Å². The first kappa shape index (κ1) is 19.1. The van der Waals surface area contributed by atoms with E-state index < -0.39 is 0 Å². The summed E-state index contributed by atoms with van der Waals surface area (Å²) in [6.07, 6.45) is 5.82. The Bertz CT molecular complexity index is 837. The summed E-state index contributed by atoms with van der Waals surface area (Å²) < 4.78 is 0. The lowest BCUT2D eigenvalue weighted by Gasteiger charge is -2.09. The van der Waals surface area contributed by atoms with Gasteiger partial charge < -0.3 is 10.4 Å². The van der Waals surface area contributed by atoms with E-state index in [9.17, 15) is 0 Å². The Morgan fingerprint density at radius 1 is 1.04 bits per heavy atom. The predicted octanol–water partition coefficient (Wildman–Crippen LogP) is 5.43. The number of nitrogens with zero attached hydrogens (tertiary/aromatic N) is 1. The molecule has 0 aliphatic carbocycles. The van der Waals surface area contributed by atoms with Crippen molar-refractivity contribution in [2.45, 2.75) is 28.4 Å². The number of unbranched alkanes of at least 4 members (excludes halogenated alkanes) is 1. The molecule has 0 atom stereocenters. The molecule has 0 saturated carbocycles. The molecule has 0 aliphatic heterocycles. The summed E-state index contributed by atoms with van der Waals surface area (Å²) in [5, 5.41) is 13.4. The summed E-state index contributed by atoms with van der Waals surface area (Å²) in [7, 11) is 0. The number of thioether (sulfide) groups is 2. The lowest BCUT2D eigenvalue weighted by Crippen LogP contribution is -2.02. The van der Waals surface area contributed by atoms with Gasteiger partial charge in [0.25, 0.3) is 0 Å². The zero-order valence-corrected chi connectivity index (χ0v) is 16.6. The Morgan fingerprint density at radius 2 is 1.88 bits per heavy atom. The highest BCUT2D eigenvalue weighted by Gasteiger charge is 2.04. The first-order valence-electron chi connectivity index (χ1n) is 8.79. The number of pyridine rings is 1.